The zero-order valence-corrected chi connectivity index (χ0v) is 11.5. The van der Waals surface area contributed by atoms with Crippen LogP contribution >= 0.6 is 22.9 Å². The van der Waals surface area contributed by atoms with E-state index in [0.29, 0.717) is 0 Å². The second-order valence-electron chi connectivity index (χ2n) is 4.01. The minimum absolute atomic E-state index is 0.00481. The van der Waals surface area contributed by atoms with Crippen LogP contribution in [0.4, 0.5) is 0 Å². The number of aromatic nitrogens is 1. The van der Waals surface area contributed by atoms with Gasteiger partial charge in [0.2, 0.25) is 0 Å². The maximum Gasteiger partial charge on any atom is 0.254 e. The van der Waals surface area contributed by atoms with Crippen LogP contribution in [0.1, 0.15) is 13.8 Å². The van der Waals surface area contributed by atoms with Crippen molar-refractivity contribution in [2.45, 2.75) is 23.7 Å². The van der Waals surface area contributed by atoms with Crippen LogP contribution in [0.25, 0.3) is 0 Å². The fourth-order valence-electron chi connectivity index (χ4n) is 1.14. The van der Waals surface area contributed by atoms with Crippen molar-refractivity contribution in [3.8, 4) is 0 Å². The van der Waals surface area contributed by atoms with Gasteiger partial charge in [-0.15, -0.1) is 0 Å². The number of thiazole rings is 1. The number of hydrogen-bond donors (Lipinski definition) is 1. The molecule has 1 aromatic rings. The van der Waals surface area contributed by atoms with Gasteiger partial charge in [0.15, 0.2) is 8.68 Å². The highest BCUT2D eigenvalue weighted by Crippen LogP contribution is 2.25. The Morgan fingerprint density at radius 3 is 2.56 bits per heavy atom. The summed E-state index contributed by atoms with van der Waals surface area (Å²) in [6.45, 7) is 3.09. The molecule has 5 nitrogen and oxygen atoms in total. The molecular formula is C8H13ClN2O3S2. The first-order valence-electron chi connectivity index (χ1n) is 4.43. The van der Waals surface area contributed by atoms with Gasteiger partial charge in [0.25, 0.3) is 10.0 Å². The lowest BCUT2D eigenvalue weighted by Crippen LogP contribution is -2.39. The van der Waals surface area contributed by atoms with Gasteiger partial charge >= 0.3 is 0 Å². The first kappa shape index (κ1) is 13.9. The second-order valence-corrected chi connectivity index (χ2v) is 7.89. The van der Waals surface area contributed by atoms with Crippen LogP contribution in [0, 0.1) is 0 Å². The van der Waals surface area contributed by atoms with Crippen LogP contribution in [-0.4, -0.2) is 42.0 Å². The smallest absolute Gasteiger partial charge is 0.254 e. The second kappa shape index (κ2) is 4.58. The fraction of sp³-hybridized carbons (Fsp3) is 0.625. The Morgan fingerprint density at radius 2 is 2.19 bits per heavy atom. The van der Waals surface area contributed by atoms with Crippen molar-refractivity contribution < 1.29 is 13.5 Å². The predicted molar refractivity (Wildman–Crippen MR) is 63.2 cm³/mol. The van der Waals surface area contributed by atoms with E-state index in [9.17, 15) is 13.5 Å². The molecule has 0 atom stereocenters. The molecule has 0 saturated heterocycles. The number of aliphatic hydroxyl groups is 1. The molecule has 16 heavy (non-hydrogen) atoms. The van der Waals surface area contributed by atoms with Crippen LogP contribution in [0.15, 0.2) is 10.4 Å². The SMILES string of the molecule is CN(CC(C)(C)O)S(=O)(=O)c1cnc(Cl)s1. The maximum atomic E-state index is 11.9. The van der Waals surface area contributed by atoms with E-state index >= 15 is 0 Å². The van der Waals surface area contributed by atoms with E-state index in [2.05, 4.69) is 4.98 Å². The molecule has 1 heterocycles. The zero-order valence-electron chi connectivity index (χ0n) is 9.14. The van der Waals surface area contributed by atoms with Gasteiger partial charge in [-0.2, -0.15) is 4.31 Å². The number of rotatable bonds is 4. The molecule has 0 radical (unpaired) electrons. The van der Waals surface area contributed by atoms with Crippen molar-refractivity contribution >= 4 is 33.0 Å². The highest BCUT2D eigenvalue weighted by molar-refractivity contribution is 7.91. The molecule has 0 unspecified atom stereocenters. The molecule has 0 aliphatic rings. The van der Waals surface area contributed by atoms with E-state index in [-0.39, 0.29) is 15.2 Å². The Bertz CT molecular complexity index is 464. The summed E-state index contributed by atoms with van der Waals surface area (Å²) in [5.41, 5.74) is -1.09. The van der Waals surface area contributed by atoms with Gasteiger partial charge in [-0.05, 0) is 13.8 Å². The van der Waals surface area contributed by atoms with Crippen LogP contribution < -0.4 is 0 Å². The first-order chi connectivity index (χ1) is 7.13. The number of hydrogen-bond acceptors (Lipinski definition) is 5. The van der Waals surface area contributed by atoms with E-state index < -0.39 is 15.6 Å². The third kappa shape index (κ3) is 3.39. The van der Waals surface area contributed by atoms with Crippen LogP contribution in [0.3, 0.4) is 0 Å². The third-order valence-electron chi connectivity index (χ3n) is 1.73. The van der Waals surface area contributed by atoms with Crippen molar-refractivity contribution in [2.24, 2.45) is 0 Å². The molecule has 0 spiro atoms. The molecule has 0 saturated carbocycles. The third-order valence-corrected chi connectivity index (χ3v) is 5.09. The van der Waals surface area contributed by atoms with E-state index in [1.54, 1.807) is 13.8 Å². The summed E-state index contributed by atoms with van der Waals surface area (Å²) in [6.07, 6.45) is 1.21. The molecule has 1 N–H and O–H groups in total. The van der Waals surface area contributed by atoms with Crippen molar-refractivity contribution in [1.82, 2.24) is 9.29 Å². The summed E-state index contributed by atoms with van der Waals surface area (Å²) in [4.78, 5) is 3.68. The molecular weight excluding hydrogens is 272 g/mol. The molecule has 1 aromatic heterocycles. The fourth-order valence-corrected chi connectivity index (χ4v) is 3.97. The Hall–Kier alpha value is -0.210. The van der Waals surface area contributed by atoms with Gasteiger partial charge in [0.05, 0.1) is 11.8 Å². The Morgan fingerprint density at radius 1 is 1.62 bits per heavy atom. The minimum Gasteiger partial charge on any atom is -0.389 e. The molecule has 0 fully saturated rings. The van der Waals surface area contributed by atoms with E-state index in [1.807, 2.05) is 0 Å². The Kier molecular flexibility index (Phi) is 3.96. The summed E-state index contributed by atoms with van der Waals surface area (Å²) in [5, 5.41) is 9.56. The lowest BCUT2D eigenvalue weighted by molar-refractivity contribution is 0.0640. The highest BCUT2D eigenvalue weighted by atomic mass is 35.5. The summed E-state index contributed by atoms with van der Waals surface area (Å²) < 4.78 is 25.2. The van der Waals surface area contributed by atoms with Gasteiger partial charge < -0.3 is 5.11 Å². The minimum atomic E-state index is -3.61. The lowest BCUT2D eigenvalue weighted by atomic mass is 10.1. The van der Waals surface area contributed by atoms with E-state index in [0.717, 1.165) is 15.6 Å². The molecule has 1 rings (SSSR count). The van der Waals surface area contributed by atoms with Crippen molar-refractivity contribution in [3.05, 3.63) is 10.7 Å². The van der Waals surface area contributed by atoms with Crippen LogP contribution in [0.5, 0.6) is 0 Å². The number of halogens is 1. The molecule has 0 amide bonds. The van der Waals surface area contributed by atoms with Gasteiger partial charge in [-0.1, -0.05) is 22.9 Å². The quantitative estimate of drug-likeness (QED) is 0.901. The summed E-state index contributed by atoms with van der Waals surface area (Å²) in [5.74, 6) is 0. The number of nitrogens with zero attached hydrogens (tertiary/aromatic N) is 2. The van der Waals surface area contributed by atoms with Gasteiger partial charge in [0, 0.05) is 13.6 Å². The summed E-state index contributed by atoms with van der Waals surface area (Å²) >= 11 is 6.47. The van der Waals surface area contributed by atoms with Crippen LogP contribution in [-0.2, 0) is 10.0 Å². The topological polar surface area (TPSA) is 70.5 Å². The molecule has 8 heteroatoms. The first-order valence-corrected chi connectivity index (χ1v) is 7.06. The summed E-state index contributed by atoms with van der Waals surface area (Å²) in [6, 6.07) is 0. The van der Waals surface area contributed by atoms with Gasteiger partial charge in [-0.3, -0.25) is 0 Å². The molecule has 92 valence electrons. The predicted octanol–water partition coefficient (Wildman–Crippen LogP) is 1.19. The number of sulfonamides is 1. The average molecular weight is 285 g/mol. The average Bonchev–Trinajstić information content (AvgIpc) is 2.48. The monoisotopic (exact) mass is 284 g/mol. The maximum absolute atomic E-state index is 11.9. The highest BCUT2D eigenvalue weighted by Gasteiger charge is 2.27. The van der Waals surface area contributed by atoms with E-state index in [1.165, 1.54) is 13.2 Å². The largest absolute Gasteiger partial charge is 0.389 e. The Balaban J connectivity index is 2.95. The Labute approximate surface area is 104 Å². The lowest BCUT2D eigenvalue weighted by Gasteiger charge is -2.24. The van der Waals surface area contributed by atoms with Crippen molar-refractivity contribution in [3.63, 3.8) is 0 Å². The molecule has 0 aliphatic heterocycles. The van der Waals surface area contributed by atoms with Gasteiger partial charge in [0.1, 0.15) is 0 Å². The van der Waals surface area contributed by atoms with Gasteiger partial charge in [-0.25, -0.2) is 13.4 Å². The molecule has 0 bridgehead atoms. The standard InChI is InChI=1S/C8H13ClN2O3S2/c1-8(2,12)5-11(3)16(13,14)6-4-10-7(9)15-6/h4,12H,5H2,1-3H3. The van der Waals surface area contributed by atoms with Crippen LogP contribution in [0.2, 0.25) is 4.47 Å². The number of likely N-dealkylation sites (N-methyl/N-ethyl adjacent to an activating group) is 1. The van der Waals surface area contributed by atoms with E-state index in [4.69, 9.17) is 11.6 Å². The normalized spacial score (nSPS) is 13.4. The molecule has 0 aromatic carbocycles. The van der Waals surface area contributed by atoms with Crippen molar-refractivity contribution in [2.75, 3.05) is 13.6 Å². The summed E-state index contributed by atoms with van der Waals surface area (Å²) in [7, 11) is -2.20. The van der Waals surface area contributed by atoms with Crippen molar-refractivity contribution in [1.29, 1.82) is 0 Å². The zero-order chi connectivity index (χ0) is 12.6. The molecule has 0 aliphatic carbocycles.